The van der Waals surface area contributed by atoms with Crippen molar-refractivity contribution in [3.63, 3.8) is 0 Å². The minimum Gasteiger partial charge on any atom is -0.390 e. The van der Waals surface area contributed by atoms with Gasteiger partial charge in [-0.25, -0.2) is 0 Å². The molecule has 0 radical (unpaired) electrons. The second kappa shape index (κ2) is 4.08. The number of aliphatic hydroxyl groups is 1. The van der Waals surface area contributed by atoms with E-state index in [-0.39, 0.29) is 17.3 Å². The monoisotopic (exact) mass is 238 g/mol. The molecule has 0 aromatic carbocycles. The quantitative estimate of drug-likeness (QED) is 0.762. The van der Waals surface area contributed by atoms with Gasteiger partial charge in [-0.1, -0.05) is 13.8 Å². The number of hydrogen-bond donors (Lipinski definition) is 1. The van der Waals surface area contributed by atoms with Crippen LogP contribution in [0.4, 0.5) is 0 Å². The molecule has 4 atom stereocenters. The van der Waals surface area contributed by atoms with Gasteiger partial charge >= 0.3 is 0 Å². The summed E-state index contributed by atoms with van der Waals surface area (Å²) in [5.74, 6) is 1.48. The fourth-order valence-corrected chi connectivity index (χ4v) is 4.13. The third-order valence-corrected chi connectivity index (χ3v) is 5.18. The summed E-state index contributed by atoms with van der Waals surface area (Å²) in [4.78, 5) is 12.2. The molecule has 2 aliphatic carbocycles. The Morgan fingerprint density at radius 3 is 2.65 bits per heavy atom. The summed E-state index contributed by atoms with van der Waals surface area (Å²) < 4.78 is 0. The molecule has 2 fully saturated rings. The summed E-state index contributed by atoms with van der Waals surface area (Å²) in [5, 5.41) is 10.1. The fraction of sp³-hybridized carbons (Fsp3) is 0.933. The first kappa shape index (κ1) is 13.1. The summed E-state index contributed by atoms with van der Waals surface area (Å²) in [5.41, 5.74) is -0.429. The molecule has 2 heteroatoms. The molecule has 2 aliphatic rings. The molecular formula is C15H26O2. The van der Waals surface area contributed by atoms with Gasteiger partial charge < -0.3 is 5.11 Å². The van der Waals surface area contributed by atoms with Crippen LogP contribution in [0.25, 0.3) is 0 Å². The third-order valence-electron chi connectivity index (χ3n) is 5.18. The molecule has 0 heterocycles. The number of ketones is 1. The predicted molar refractivity (Wildman–Crippen MR) is 68.6 cm³/mol. The molecule has 0 aromatic rings. The van der Waals surface area contributed by atoms with Crippen LogP contribution in [0.5, 0.6) is 0 Å². The van der Waals surface area contributed by atoms with Gasteiger partial charge in [-0.2, -0.15) is 0 Å². The van der Waals surface area contributed by atoms with Crippen molar-refractivity contribution < 1.29 is 9.90 Å². The molecule has 0 bridgehead atoms. The van der Waals surface area contributed by atoms with Gasteiger partial charge in [0, 0.05) is 12.3 Å². The Morgan fingerprint density at radius 1 is 1.41 bits per heavy atom. The fourth-order valence-electron chi connectivity index (χ4n) is 4.13. The number of Topliss-reactive ketones (excluding diaryl/α,β-unsaturated/α-hetero) is 1. The van der Waals surface area contributed by atoms with Gasteiger partial charge in [0.25, 0.3) is 0 Å². The van der Waals surface area contributed by atoms with E-state index in [4.69, 9.17) is 0 Å². The van der Waals surface area contributed by atoms with E-state index in [0.717, 1.165) is 25.7 Å². The van der Waals surface area contributed by atoms with Crippen molar-refractivity contribution in [2.45, 2.75) is 65.4 Å². The average Bonchev–Trinajstić information content (AvgIpc) is 2.13. The van der Waals surface area contributed by atoms with E-state index < -0.39 is 5.60 Å². The molecule has 0 saturated heterocycles. The van der Waals surface area contributed by atoms with E-state index in [0.29, 0.717) is 11.7 Å². The maximum atomic E-state index is 12.2. The number of carbonyl (C=O) groups is 1. The van der Waals surface area contributed by atoms with E-state index in [1.807, 2.05) is 13.8 Å². The number of hydrogen-bond acceptors (Lipinski definition) is 2. The molecule has 0 amide bonds. The van der Waals surface area contributed by atoms with Gasteiger partial charge in [0.15, 0.2) is 0 Å². The lowest BCUT2D eigenvalue weighted by molar-refractivity contribution is -0.139. The van der Waals surface area contributed by atoms with Gasteiger partial charge in [0.05, 0.1) is 5.60 Å². The highest BCUT2D eigenvalue weighted by Gasteiger charge is 2.49. The molecule has 2 saturated carbocycles. The maximum Gasteiger partial charge on any atom is 0.136 e. The first-order valence-corrected chi connectivity index (χ1v) is 6.97. The van der Waals surface area contributed by atoms with Crippen molar-refractivity contribution in [1.29, 1.82) is 0 Å². The van der Waals surface area contributed by atoms with Crippen molar-refractivity contribution in [2.75, 3.05) is 0 Å². The smallest absolute Gasteiger partial charge is 0.136 e. The molecule has 4 unspecified atom stereocenters. The lowest BCUT2D eigenvalue weighted by atomic mass is 9.54. The van der Waals surface area contributed by atoms with Crippen LogP contribution < -0.4 is 0 Å². The zero-order valence-electron chi connectivity index (χ0n) is 11.6. The van der Waals surface area contributed by atoms with Crippen LogP contribution >= 0.6 is 0 Å². The van der Waals surface area contributed by atoms with Gasteiger partial charge in [-0.3, -0.25) is 4.79 Å². The minimum absolute atomic E-state index is 0.198. The highest BCUT2D eigenvalue weighted by molar-refractivity contribution is 5.83. The number of carbonyl (C=O) groups excluding carboxylic acids is 1. The molecule has 17 heavy (non-hydrogen) atoms. The molecule has 2 rings (SSSR count). The second-order valence-electron chi connectivity index (χ2n) is 7.31. The predicted octanol–water partition coefficient (Wildman–Crippen LogP) is 3.18. The first-order valence-electron chi connectivity index (χ1n) is 6.97. The summed E-state index contributed by atoms with van der Waals surface area (Å²) >= 11 is 0. The third kappa shape index (κ3) is 2.42. The van der Waals surface area contributed by atoms with Crippen molar-refractivity contribution in [3.05, 3.63) is 0 Å². The SMILES string of the molecule is CC1CC(=O)C2CC(C(C)(C)O)CCC2(C)C1. The molecule has 0 aliphatic heterocycles. The number of rotatable bonds is 1. The van der Waals surface area contributed by atoms with Crippen molar-refractivity contribution in [2.24, 2.45) is 23.2 Å². The molecular weight excluding hydrogens is 212 g/mol. The lowest BCUT2D eigenvalue weighted by Gasteiger charge is -2.50. The number of fused-ring (bicyclic) bond motifs is 1. The zero-order chi connectivity index (χ0) is 12.8. The standard InChI is InChI=1S/C15H26O2/c1-10-7-13(16)12-8-11(14(2,3)17)5-6-15(12,4)9-10/h10-12,17H,5-9H2,1-4H3. The molecule has 0 aromatic heterocycles. The maximum absolute atomic E-state index is 12.2. The Bertz CT molecular complexity index is 315. The Morgan fingerprint density at radius 2 is 2.06 bits per heavy atom. The Labute approximate surface area is 105 Å². The molecule has 98 valence electrons. The molecule has 2 nitrogen and oxygen atoms in total. The van der Waals surface area contributed by atoms with E-state index >= 15 is 0 Å². The van der Waals surface area contributed by atoms with Gasteiger partial charge in [0.2, 0.25) is 0 Å². The Balaban J connectivity index is 2.17. The van der Waals surface area contributed by atoms with Gasteiger partial charge in [-0.05, 0) is 56.8 Å². The van der Waals surface area contributed by atoms with E-state index in [1.165, 1.54) is 6.42 Å². The summed E-state index contributed by atoms with van der Waals surface area (Å²) in [7, 11) is 0. The summed E-state index contributed by atoms with van der Waals surface area (Å²) in [6.45, 7) is 8.25. The lowest BCUT2D eigenvalue weighted by Crippen LogP contribution is -2.48. The van der Waals surface area contributed by atoms with Crippen LogP contribution in [0.1, 0.15) is 59.8 Å². The van der Waals surface area contributed by atoms with E-state index in [1.54, 1.807) is 0 Å². The average molecular weight is 238 g/mol. The van der Waals surface area contributed by atoms with Crippen LogP contribution in [0.3, 0.4) is 0 Å². The molecule has 1 N–H and O–H groups in total. The van der Waals surface area contributed by atoms with Crippen LogP contribution in [-0.4, -0.2) is 16.5 Å². The van der Waals surface area contributed by atoms with Crippen molar-refractivity contribution >= 4 is 5.78 Å². The van der Waals surface area contributed by atoms with Crippen LogP contribution in [0, 0.1) is 23.2 Å². The minimum atomic E-state index is -0.634. The first-order chi connectivity index (χ1) is 7.72. The van der Waals surface area contributed by atoms with Crippen LogP contribution in [0.15, 0.2) is 0 Å². The zero-order valence-corrected chi connectivity index (χ0v) is 11.6. The van der Waals surface area contributed by atoms with Crippen molar-refractivity contribution in [3.8, 4) is 0 Å². The highest BCUT2D eigenvalue weighted by Crippen LogP contribution is 2.53. The van der Waals surface area contributed by atoms with Crippen LogP contribution in [0.2, 0.25) is 0 Å². The molecule has 0 spiro atoms. The highest BCUT2D eigenvalue weighted by atomic mass is 16.3. The van der Waals surface area contributed by atoms with Gasteiger partial charge in [0.1, 0.15) is 5.78 Å². The van der Waals surface area contributed by atoms with Crippen molar-refractivity contribution in [1.82, 2.24) is 0 Å². The summed E-state index contributed by atoms with van der Waals surface area (Å²) in [6, 6.07) is 0. The van der Waals surface area contributed by atoms with E-state index in [9.17, 15) is 9.90 Å². The topological polar surface area (TPSA) is 37.3 Å². The van der Waals surface area contributed by atoms with Gasteiger partial charge in [-0.15, -0.1) is 0 Å². The normalized spacial score (nSPS) is 43.4. The second-order valence-corrected chi connectivity index (χ2v) is 7.31. The largest absolute Gasteiger partial charge is 0.390 e. The Hall–Kier alpha value is -0.370. The summed E-state index contributed by atoms with van der Waals surface area (Å²) in [6.07, 6.45) is 4.99. The van der Waals surface area contributed by atoms with Crippen LogP contribution in [-0.2, 0) is 4.79 Å². The Kier molecular flexibility index (Phi) is 3.14. The van der Waals surface area contributed by atoms with E-state index in [2.05, 4.69) is 13.8 Å².